The van der Waals surface area contributed by atoms with Gasteiger partial charge in [-0.2, -0.15) is 0 Å². The Hall–Kier alpha value is -2.15. The van der Waals surface area contributed by atoms with Crippen molar-refractivity contribution in [3.8, 4) is 18.1 Å². The number of benzene rings is 1. The number of ether oxygens (including phenoxy) is 1. The number of amides is 2. The maximum atomic E-state index is 11.4. The predicted octanol–water partition coefficient (Wildman–Crippen LogP) is 1.95. The highest BCUT2D eigenvalue weighted by molar-refractivity contribution is 5.74. The molecule has 0 atom stereocenters. The molecule has 0 aliphatic carbocycles. The lowest BCUT2D eigenvalue weighted by molar-refractivity contribution is 0.238. The molecular formula is C15H20N2O2. The normalized spacial score (nSPS) is 9.79. The summed E-state index contributed by atoms with van der Waals surface area (Å²) >= 11 is 0. The first-order valence-electron chi connectivity index (χ1n) is 6.31. The number of hydrogen-bond donors (Lipinski definition) is 2. The Morgan fingerprint density at radius 2 is 2.05 bits per heavy atom. The molecule has 0 radical (unpaired) electrons. The maximum absolute atomic E-state index is 11.4. The molecule has 2 amide bonds. The first-order chi connectivity index (χ1) is 9.11. The molecule has 0 saturated carbocycles. The van der Waals surface area contributed by atoms with Crippen molar-refractivity contribution >= 4 is 6.03 Å². The Bertz CT molecular complexity index is 432. The molecule has 1 rings (SSSR count). The number of rotatable bonds is 6. The van der Waals surface area contributed by atoms with Gasteiger partial charge in [0, 0.05) is 12.6 Å². The van der Waals surface area contributed by atoms with Gasteiger partial charge < -0.3 is 15.4 Å². The molecule has 0 saturated heterocycles. The summed E-state index contributed by atoms with van der Waals surface area (Å²) in [5.41, 5.74) is 1.14. The summed E-state index contributed by atoms with van der Waals surface area (Å²) in [6.45, 7) is 4.72. The van der Waals surface area contributed by atoms with E-state index in [2.05, 4.69) is 16.6 Å². The standard InChI is InChI=1S/C15H20N2O2/c1-4-11-19-14-7-5-13(6-8-14)9-10-16-15(18)17-12(2)3/h1,5-8,12H,9-11H2,2-3H3,(H2,16,17,18). The number of carbonyl (C=O) groups excluding carboxylic acids is 1. The van der Waals surface area contributed by atoms with Crippen LogP contribution in [0.1, 0.15) is 19.4 Å². The minimum absolute atomic E-state index is 0.135. The van der Waals surface area contributed by atoms with Gasteiger partial charge in [-0.1, -0.05) is 18.1 Å². The lowest BCUT2D eigenvalue weighted by atomic mass is 10.1. The Morgan fingerprint density at radius 1 is 1.37 bits per heavy atom. The van der Waals surface area contributed by atoms with E-state index in [1.165, 1.54) is 0 Å². The van der Waals surface area contributed by atoms with Gasteiger partial charge in [0.2, 0.25) is 0 Å². The van der Waals surface area contributed by atoms with E-state index in [0.29, 0.717) is 6.54 Å². The molecule has 4 nitrogen and oxygen atoms in total. The molecule has 0 aliphatic rings. The molecule has 0 unspecified atom stereocenters. The summed E-state index contributed by atoms with van der Waals surface area (Å²) < 4.78 is 5.28. The van der Waals surface area contributed by atoms with Crippen LogP contribution in [0.25, 0.3) is 0 Å². The highest BCUT2D eigenvalue weighted by Gasteiger charge is 2.01. The van der Waals surface area contributed by atoms with Crippen LogP contribution in [0, 0.1) is 12.3 Å². The average molecular weight is 260 g/mol. The molecule has 1 aromatic rings. The van der Waals surface area contributed by atoms with E-state index in [4.69, 9.17) is 11.2 Å². The summed E-state index contributed by atoms with van der Waals surface area (Å²) in [6, 6.07) is 7.69. The second-order valence-electron chi connectivity index (χ2n) is 4.44. The van der Waals surface area contributed by atoms with Crippen molar-refractivity contribution < 1.29 is 9.53 Å². The number of urea groups is 1. The largest absolute Gasteiger partial charge is 0.481 e. The van der Waals surface area contributed by atoms with Crippen LogP contribution in [-0.4, -0.2) is 25.2 Å². The van der Waals surface area contributed by atoms with E-state index < -0.39 is 0 Å². The average Bonchev–Trinajstić information content (AvgIpc) is 2.37. The second kappa shape index (κ2) is 8.04. The quantitative estimate of drug-likeness (QED) is 0.768. The Kier molecular flexibility index (Phi) is 6.31. The van der Waals surface area contributed by atoms with Crippen molar-refractivity contribution in [2.45, 2.75) is 26.3 Å². The van der Waals surface area contributed by atoms with Gasteiger partial charge in [0.05, 0.1) is 0 Å². The van der Waals surface area contributed by atoms with Crippen LogP contribution in [0.15, 0.2) is 24.3 Å². The van der Waals surface area contributed by atoms with Gasteiger partial charge in [0.15, 0.2) is 0 Å². The van der Waals surface area contributed by atoms with Gasteiger partial charge >= 0.3 is 6.03 Å². The number of nitrogens with one attached hydrogen (secondary N) is 2. The van der Waals surface area contributed by atoms with Gasteiger partial charge in [-0.05, 0) is 38.0 Å². The molecule has 0 fully saturated rings. The number of terminal acetylenes is 1. The van der Waals surface area contributed by atoms with Gasteiger partial charge in [0.25, 0.3) is 0 Å². The summed E-state index contributed by atoms with van der Waals surface area (Å²) in [7, 11) is 0. The third kappa shape index (κ3) is 6.37. The van der Waals surface area contributed by atoms with Crippen molar-refractivity contribution in [2.75, 3.05) is 13.2 Å². The van der Waals surface area contributed by atoms with Crippen LogP contribution >= 0.6 is 0 Å². The van der Waals surface area contributed by atoms with E-state index in [1.54, 1.807) is 0 Å². The van der Waals surface area contributed by atoms with Crippen LogP contribution in [-0.2, 0) is 6.42 Å². The summed E-state index contributed by atoms with van der Waals surface area (Å²) in [5.74, 6) is 3.17. The monoisotopic (exact) mass is 260 g/mol. The number of carbonyl (C=O) groups is 1. The second-order valence-corrected chi connectivity index (χ2v) is 4.44. The highest BCUT2D eigenvalue weighted by atomic mass is 16.5. The molecule has 0 aromatic heterocycles. The Balaban J connectivity index is 2.30. The SMILES string of the molecule is C#CCOc1ccc(CCNC(=O)NC(C)C)cc1. The smallest absolute Gasteiger partial charge is 0.314 e. The zero-order valence-electron chi connectivity index (χ0n) is 11.4. The zero-order valence-corrected chi connectivity index (χ0v) is 11.4. The van der Waals surface area contributed by atoms with Crippen LogP contribution in [0.2, 0.25) is 0 Å². The van der Waals surface area contributed by atoms with Gasteiger partial charge in [-0.3, -0.25) is 0 Å². The molecule has 0 aliphatic heterocycles. The van der Waals surface area contributed by atoms with Crippen LogP contribution in [0.3, 0.4) is 0 Å². The van der Waals surface area contributed by atoms with Gasteiger partial charge in [0.1, 0.15) is 12.4 Å². The zero-order chi connectivity index (χ0) is 14.1. The fourth-order valence-corrected chi connectivity index (χ4v) is 1.51. The van der Waals surface area contributed by atoms with Crippen molar-refractivity contribution in [1.82, 2.24) is 10.6 Å². The van der Waals surface area contributed by atoms with E-state index >= 15 is 0 Å². The fourth-order valence-electron chi connectivity index (χ4n) is 1.51. The third-order valence-electron chi connectivity index (χ3n) is 2.36. The fraction of sp³-hybridized carbons (Fsp3) is 0.400. The van der Waals surface area contributed by atoms with Gasteiger partial charge in [-0.15, -0.1) is 6.42 Å². The lowest BCUT2D eigenvalue weighted by Crippen LogP contribution is -2.40. The third-order valence-corrected chi connectivity index (χ3v) is 2.36. The van der Waals surface area contributed by atoms with Crippen LogP contribution in [0.5, 0.6) is 5.75 Å². The van der Waals surface area contributed by atoms with Gasteiger partial charge in [-0.25, -0.2) is 4.79 Å². The highest BCUT2D eigenvalue weighted by Crippen LogP contribution is 2.12. The lowest BCUT2D eigenvalue weighted by Gasteiger charge is -2.10. The van der Waals surface area contributed by atoms with E-state index in [1.807, 2.05) is 38.1 Å². The molecule has 0 heterocycles. The molecule has 2 N–H and O–H groups in total. The predicted molar refractivity (Wildman–Crippen MR) is 76.1 cm³/mol. The van der Waals surface area contributed by atoms with Crippen molar-refractivity contribution in [3.63, 3.8) is 0 Å². The van der Waals surface area contributed by atoms with E-state index in [9.17, 15) is 4.79 Å². The minimum atomic E-state index is -0.135. The molecule has 19 heavy (non-hydrogen) atoms. The van der Waals surface area contributed by atoms with Crippen molar-refractivity contribution in [3.05, 3.63) is 29.8 Å². The number of hydrogen-bond acceptors (Lipinski definition) is 2. The Labute approximate surface area is 114 Å². The topological polar surface area (TPSA) is 50.4 Å². The maximum Gasteiger partial charge on any atom is 0.314 e. The van der Waals surface area contributed by atoms with Crippen molar-refractivity contribution in [1.29, 1.82) is 0 Å². The first-order valence-corrected chi connectivity index (χ1v) is 6.31. The molecule has 0 bridgehead atoms. The molecule has 4 heteroatoms. The Morgan fingerprint density at radius 3 is 2.63 bits per heavy atom. The summed E-state index contributed by atoms with van der Waals surface area (Å²) in [5, 5.41) is 5.58. The molecular weight excluding hydrogens is 240 g/mol. The summed E-state index contributed by atoms with van der Waals surface area (Å²) in [6.07, 6.45) is 5.89. The molecule has 0 spiro atoms. The first kappa shape index (κ1) is 14.9. The molecule has 1 aromatic carbocycles. The minimum Gasteiger partial charge on any atom is -0.481 e. The van der Waals surface area contributed by atoms with Crippen molar-refractivity contribution in [2.24, 2.45) is 0 Å². The van der Waals surface area contributed by atoms with Crippen LogP contribution in [0.4, 0.5) is 4.79 Å². The van der Waals surface area contributed by atoms with Crippen LogP contribution < -0.4 is 15.4 Å². The molecule has 102 valence electrons. The summed E-state index contributed by atoms with van der Waals surface area (Å²) in [4.78, 5) is 11.4. The van der Waals surface area contributed by atoms with E-state index in [-0.39, 0.29) is 18.7 Å². The van der Waals surface area contributed by atoms with E-state index in [0.717, 1.165) is 17.7 Å².